The summed E-state index contributed by atoms with van der Waals surface area (Å²) in [6.07, 6.45) is 4.42. The standard InChI is InChI=1S/C15H27N3O3/c1-2-7-16-13-10-21-9-12(13)15(20)17-8-3-4-14(19)18-11-5-6-11/h11-13,16H,2-10H2,1H3,(H,17,20)(H,18,19). The number of ether oxygens (including phenoxy) is 1. The van der Waals surface area contributed by atoms with Crippen molar-refractivity contribution in [2.75, 3.05) is 26.3 Å². The van der Waals surface area contributed by atoms with E-state index < -0.39 is 0 Å². The molecule has 0 aromatic heterocycles. The van der Waals surface area contributed by atoms with Gasteiger partial charge in [-0.05, 0) is 32.2 Å². The van der Waals surface area contributed by atoms with Crippen LogP contribution in [0, 0.1) is 5.92 Å². The predicted octanol–water partition coefficient (Wildman–Crippen LogP) is 0.176. The maximum absolute atomic E-state index is 12.1. The lowest BCUT2D eigenvalue weighted by Gasteiger charge is -2.18. The van der Waals surface area contributed by atoms with Crippen LogP contribution in [0.1, 0.15) is 39.0 Å². The summed E-state index contributed by atoms with van der Waals surface area (Å²) in [5, 5.41) is 9.21. The van der Waals surface area contributed by atoms with Crippen molar-refractivity contribution in [3.8, 4) is 0 Å². The van der Waals surface area contributed by atoms with Crippen molar-refractivity contribution in [1.29, 1.82) is 0 Å². The normalized spacial score (nSPS) is 24.8. The molecule has 0 aromatic rings. The number of amides is 2. The Morgan fingerprint density at radius 3 is 2.71 bits per heavy atom. The summed E-state index contributed by atoms with van der Waals surface area (Å²) in [7, 11) is 0. The molecule has 1 aliphatic heterocycles. The van der Waals surface area contributed by atoms with Gasteiger partial charge in [0.1, 0.15) is 0 Å². The average Bonchev–Trinajstić information content (AvgIpc) is 3.15. The average molecular weight is 297 g/mol. The van der Waals surface area contributed by atoms with Gasteiger partial charge in [0.2, 0.25) is 11.8 Å². The van der Waals surface area contributed by atoms with Crippen molar-refractivity contribution >= 4 is 11.8 Å². The Morgan fingerprint density at radius 1 is 1.19 bits per heavy atom. The van der Waals surface area contributed by atoms with E-state index in [1.807, 2.05) is 0 Å². The van der Waals surface area contributed by atoms with Gasteiger partial charge < -0.3 is 20.7 Å². The number of carbonyl (C=O) groups is 2. The molecule has 21 heavy (non-hydrogen) atoms. The van der Waals surface area contributed by atoms with Crippen molar-refractivity contribution in [1.82, 2.24) is 16.0 Å². The number of nitrogens with one attached hydrogen (secondary N) is 3. The van der Waals surface area contributed by atoms with Crippen molar-refractivity contribution in [2.45, 2.75) is 51.1 Å². The van der Waals surface area contributed by atoms with E-state index >= 15 is 0 Å². The van der Waals surface area contributed by atoms with Gasteiger partial charge in [0, 0.05) is 25.0 Å². The summed E-state index contributed by atoms with van der Waals surface area (Å²) >= 11 is 0. The van der Waals surface area contributed by atoms with Crippen LogP contribution in [0.2, 0.25) is 0 Å². The summed E-state index contributed by atoms with van der Waals surface area (Å²) < 4.78 is 5.40. The van der Waals surface area contributed by atoms with Crippen molar-refractivity contribution in [3.63, 3.8) is 0 Å². The van der Waals surface area contributed by atoms with E-state index in [4.69, 9.17) is 4.74 Å². The lowest BCUT2D eigenvalue weighted by molar-refractivity contribution is -0.126. The summed E-state index contributed by atoms with van der Waals surface area (Å²) in [4.78, 5) is 23.6. The van der Waals surface area contributed by atoms with Crippen LogP contribution < -0.4 is 16.0 Å². The van der Waals surface area contributed by atoms with Crippen LogP contribution in [-0.2, 0) is 14.3 Å². The molecule has 0 spiro atoms. The zero-order valence-electron chi connectivity index (χ0n) is 12.8. The van der Waals surface area contributed by atoms with Gasteiger partial charge in [-0.15, -0.1) is 0 Å². The first kappa shape index (κ1) is 16.2. The highest BCUT2D eigenvalue weighted by atomic mass is 16.5. The minimum atomic E-state index is -0.114. The van der Waals surface area contributed by atoms with Crippen LogP contribution in [0.25, 0.3) is 0 Å². The zero-order valence-corrected chi connectivity index (χ0v) is 12.8. The summed E-state index contributed by atoms with van der Waals surface area (Å²) in [5.74, 6) is 0.0129. The quantitative estimate of drug-likeness (QED) is 0.530. The van der Waals surface area contributed by atoms with Gasteiger partial charge >= 0.3 is 0 Å². The molecule has 6 heteroatoms. The molecule has 1 saturated heterocycles. The first-order chi connectivity index (χ1) is 10.2. The molecule has 2 fully saturated rings. The fraction of sp³-hybridized carbons (Fsp3) is 0.867. The highest BCUT2D eigenvalue weighted by molar-refractivity contribution is 5.80. The number of carbonyl (C=O) groups excluding carboxylic acids is 2. The van der Waals surface area contributed by atoms with Gasteiger partial charge in [-0.1, -0.05) is 6.92 Å². The molecule has 0 bridgehead atoms. The van der Waals surface area contributed by atoms with Gasteiger partial charge in [-0.3, -0.25) is 9.59 Å². The van der Waals surface area contributed by atoms with Gasteiger partial charge in [-0.25, -0.2) is 0 Å². The molecule has 2 rings (SSSR count). The topological polar surface area (TPSA) is 79.5 Å². The van der Waals surface area contributed by atoms with Crippen LogP contribution in [-0.4, -0.2) is 50.2 Å². The maximum atomic E-state index is 12.1. The van der Waals surface area contributed by atoms with Crippen molar-refractivity contribution in [3.05, 3.63) is 0 Å². The molecule has 0 radical (unpaired) electrons. The third-order valence-corrected chi connectivity index (χ3v) is 3.90. The molecule has 0 aromatic carbocycles. The van der Waals surface area contributed by atoms with E-state index in [1.165, 1.54) is 0 Å². The Morgan fingerprint density at radius 2 is 2.00 bits per heavy atom. The molecular weight excluding hydrogens is 270 g/mol. The number of hydrogen-bond donors (Lipinski definition) is 3. The SMILES string of the molecule is CCCNC1COCC1C(=O)NCCCC(=O)NC1CC1. The van der Waals surface area contributed by atoms with Gasteiger partial charge in [0.25, 0.3) is 0 Å². The van der Waals surface area contributed by atoms with Gasteiger partial charge in [-0.2, -0.15) is 0 Å². The molecule has 1 saturated carbocycles. The van der Waals surface area contributed by atoms with Crippen LogP contribution in [0.15, 0.2) is 0 Å². The van der Waals surface area contributed by atoms with Crippen LogP contribution >= 0.6 is 0 Å². The fourth-order valence-electron chi connectivity index (χ4n) is 2.46. The van der Waals surface area contributed by atoms with E-state index in [0.29, 0.717) is 38.6 Å². The Balaban J connectivity index is 1.58. The summed E-state index contributed by atoms with van der Waals surface area (Å²) in [6, 6.07) is 0.524. The Labute approximate surface area is 126 Å². The Bertz CT molecular complexity index is 358. The molecule has 2 amide bonds. The lowest BCUT2D eigenvalue weighted by Crippen LogP contribution is -2.44. The lowest BCUT2D eigenvalue weighted by atomic mass is 10.0. The third-order valence-electron chi connectivity index (χ3n) is 3.90. The molecule has 6 nitrogen and oxygen atoms in total. The summed E-state index contributed by atoms with van der Waals surface area (Å²) in [6.45, 7) is 4.63. The van der Waals surface area contributed by atoms with Gasteiger partial charge in [0.15, 0.2) is 0 Å². The smallest absolute Gasteiger partial charge is 0.227 e. The van der Waals surface area contributed by atoms with Crippen molar-refractivity contribution < 1.29 is 14.3 Å². The largest absolute Gasteiger partial charge is 0.379 e. The summed E-state index contributed by atoms with van der Waals surface area (Å²) in [5.41, 5.74) is 0. The van der Waals surface area contributed by atoms with E-state index in [1.54, 1.807) is 0 Å². The minimum Gasteiger partial charge on any atom is -0.379 e. The highest BCUT2D eigenvalue weighted by Gasteiger charge is 2.33. The monoisotopic (exact) mass is 297 g/mol. The second-order valence-electron chi connectivity index (χ2n) is 5.94. The number of hydrogen-bond acceptors (Lipinski definition) is 4. The van der Waals surface area contributed by atoms with Crippen LogP contribution in [0.4, 0.5) is 0 Å². The molecule has 3 N–H and O–H groups in total. The van der Waals surface area contributed by atoms with E-state index in [-0.39, 0.29) is 23.8 Å². The Hall–Kier alpha value is -1.14. The van der Waals surface area contributed by atoms with E-state index in [2.05, 4.69) is 22.9 Å². The van der Waals surface area contributed by atoms with Crippen LogP contribution in [0.5, 0.6) is 0 Å². The van der Waals surface area contributed by atoms with Gasteiger partial charge in [0.05, 0.1) is 19.1 Å². The van der Waals surface area contributed by atoms with Crippen LogP contribution in [0.3, 0.4) is 0 Å². The predicted molar refractivity (Wildman–Crippen MR) is 79.8 cm³/mol. The second-order valence-corrected chi connectivity index (χ2v) is 5.94. The van der Waals surface area contributed by atoms with E-state index in [0.717, 1.165) is 25.8 Å². The molecule has 120 valence electrons. The molecular formula is C15H27N3O3. The first-order valence-electron chi connectivity index (χ1n) is 8.09. The first-order valence-corrected chi connectivity index (χ1v) is 8.09. The molecule has 2 unspecified atom stereocenters. The molecule has 2 atom stereocenters. The third kappa shape index (κ3) is 5.63. The van der Waals surface area contributed by atoms with E-state index in [9.17, 15) is 9.59 Å². The maximum Gasteiger partial charge on any atom is 0.227 e. The zero-order chi connectivity index (χ0) is 15.1. The molecule has 2 aliphatic rings. The Kier molecular flexibility index (Phi) is 6.45. The molecule has 1 heterocycles. The minimum absolute atomic E-state index is 0.0312. The highest BCUT2D eigenvalue weighted by Crippen LogP contribution is 2.18. The fourth-order valence-corrected chi connectivity index (χ4v) is 2.46. The molecule has 1 aliphatic carbocycles. The van der Waals surface area contributed by atoms with Crippen molar-refractivity contribution in [2.24, 2.45) is 5.92 Å². The number of rotatable bonds is 9. The second kappa shape index (κ2) is 8.34.